The van der Waals surface area contributed by atoms with Crippen molar-refractivity contribution in [1.82, 2.24) is 15.5 Å². The lowest BCUT2D eigenvalue weighted by Gasteiger charge is -2.15. The number of ether oxygens (including phenoxy) is 1. The van der Waals surface area contributed by atoms with E-state index in [-0.39, 0.29) is 11.7 Å². The van der Waals surface area contributed by atoms with E-state index in [4.69, 9.17) is 4.74 Å². The van der Waals surface area contributed by atoms with E-state index in [2.05, 4.69) is 20.8 Å². The molecule has 2 aromatic rings. The van der Waals surface area contributed by atoms with E-state index >= 15 is 0 Å². The number of amides is 2. The number of anilines is 1. The molecule has 0 fully saturated rings. The molecule has 0 radical (unpaired) electrons. The van der Waals surface area contributed by atoms with Gasteiger partial charge in [-0.2, -0.15) is 5.10 Å². The van der Waals surface area contributed by atoms with Gasteiger partial charge in [-0.3, -0.25) is 5.10 Å². The van der Waals surface area contributed by atoms with Gasteiger partial charge >= 0.3 is 6.03 Å². The van der Waals surface area contributed by atoms with Gasteiger partial charge in [0.2, 0.25) is 0 Å². The van der Waals surface area contributed by atoms with Gasteiger partial charge in [-0.15, -0.1) is 0 Å². The van der Waals surface area contributed by atoms with Crippen molar-refractivity contribution in [2.75, 3.05) is 12.4 Å². The Morgan fingerprint density at radius 3 is 2.86 bits per heavy atom. The van der Waals surface area contributed by atoms with E-state index in [9.17, 15) is 9.18 Å². The molecule has 0 aliphatic heterocycles. The van der Waals surface area contributed by atoms with Crippen molar-refractivity contribution in [2.24, 2.45) is 0 Å². The van der Waals surface area contributed by atoms with E-state index in [1.807, 2.05) is 19.9 Å². The molecule has 1 heterocycles. The van der Waals surface area contributed by atoms with Crippen molar-refractivity contribution in [3.8, 4) is 5.75 Å². The van der Waals surface area contributed by atoms with Crippen LogP contribution in [0.3, 0.4) is 0 Å². The number of aryl methyl sites for hydroxylation is 1. The molecule has 3 N–H and O–H groups in total. The Morgan fingerprint density at radius 2 is 2.23 bits per heavy atom. The fraction of sp³-hybridized carbons (Fsp3) is 0.333. The van der Waals surface area contributed by atoms with Crippen molar-refractivity contribution in [3.63, 3.8) is 0 Å². The van der Waals surface area contributed by atoms with Crippen LogP contribution in [0.25, 0.3) is 0 Å². The van der Waals surface area contributed by atoms with E-state index < -0.39 is 11.8 Å². The topological polar surface area (TPSA) is 79.0 Å². The maximum atomic E-state index is 13.2. The van der Waals surface area contributed by atoms with Crippen molar-refractivity contribution in [1.29, 1.82) is 0 Å². The molecular weight excluding hydrogens is 287 g/mol. The maximum Gasteiger partial charge on any atom is 0.319 e. The number of hydrogen-bond acceptors (Lipinski definition) is 3. The fourth-order valence-electron chi connectivity index (χ4n) is 2.10. The summed E-state index contributed by atoms with van der Waals surface area (Å²) >= 11 is 0. The number of benzene rings is 1. The summed E-state index contributed by atoms with van der Waals surface area (Å²) in [5, 5.41) is 12.3. The minimum atomic E-state index is -0.448. The average Bonchev–Trinajstić information content (AvgIpc) is 2.83. The Labute approximate surface area is 128 Å². The summed E-state index contributed by atoms with van der Waals surface area (Å²) in [5.41, 5.74) is 2.12. The van der Waals surface area contributed by atoms with Gasteiger partial charge in [-0.1, -0.05) is 0 Å². The van der Waals surface area contributed by atoms with Crippen LogP contribution in [-0.4, -0.2) is 29.4 Å². The highest BCUT2D eigenvalue weighted by molar-refractivity contribution is 5.91. The molecule has 2 amide bonds. The number of rotatable bonds is 5. The van der Waals surface area contributed by atoms with Gasteiger partial charge in [-0.05, 0) is 32.0 Å². The first-order chi connectivity index (χ1) is 10.5. The third kappa shape index (κ3) is 4.21. The Morgan fingerprint density at radius 1 is 1.45 bits per heavy atom. The van der Waals surface area contributed by atoms with Gasteiger partial charge in [0, 0.05) is 24.2 Å². The molecule has 1 unspecified atom stereocenters. The highest BCUT2D eigenvalue weighted by atomic mass is 19.1. The van der Waals surface area contributed by atoms with Gasteiger partial charge < -0.3 is 15.4 Å². The molecule has 1 aromatic heterocycles. The average molecular weight is 306 g/mol. The summed E-state index contributed by atoms with van der Waals surface area (Å²) in [6, 6.07) is 5.31. The maximum absolute atomic E-state index is 13.2. The number of carbonyl (C=O) groups excluding carboxylic acids is 1. The van der Waals surface area contributed by atoms with Crippen molar-refractivity contribution >= 4 is 11.7 Å². The van der Waals surface area contributed by atoms with Gasteiger partial charge in [-0.25, -0.2) is 9.18 Å². The summed E-state index contributed by atoms with van der Waals surface area (Å²) in [4.78, 5) is 12.0. The van der Waals surface area contributed by atoms with Crippen LogP contribution in [0, 0.1) is 12.7 Å². The molecule has 1 aromatic carbocycles. The zero-order valence-corrected chi connectivity index (χ0v) is 12.7. The molecule has 0 aliphatic rings. The van der Waals surface area contributed by atoms with Gasteiger partial charge in [0.25, 0.3) is 0 Å². The molecule has 0 spiro atoms. The third-order valence-corrected chi connectivity index (χ3v) is 3.06. The molecule has 0 aliphatic carbocycles. The zero-order valence-electron chi connectivity index (χ0n) is 12.7. The molecule has 2 rings (SSSR count). The predicted molar refractivity (Wildman–Crippen MR) is 81.6 cm³/mol. The molecule has 0 bridgehead atoms. The van der Waals surface area contributed by atoms with Gasteiger partial charge in [0.05, 0.1) is 18.5 Å². The number of aromatic nitrogens is 2. The first-order valence-electron chi connectivity index (χ1n) is 6.90. The Kier molecular flexibility index (Phi) is 4.98. The number of urea groups is 1. The summed E-state index contributed by atoms with van der Waals surface area (Å²) in [6.45, 7) is 3.78. The number of nitrogens with one attached hydrogen (secondary N) is 3. The highest BCUT2D eigenvalue weighted by Gasteiger charge is 2.12. The number of methoxy groups -OCH3 is 1. The summed E-state index contributed by atoms with van der Waals surface area (Å²) in [7, 11) is 1.46. The molecule has 0 saturated heterocycles. The normalized spacial score (nSPS) is 11.8. The second kappa shape index (κ2) is 6.93. The van der Waals surface area contributed by atoms with Crippen molar-refractivity contribution in [2.45, 2.75) is 26.3 Å². The van der Waals surface area contributed by atoms with E-state index in [0.717, 1.165) is 11.4 Å². The van der Waals surface area contributed by atoms with Crippen molar-refractivity contribution in [3.05, 3.63) is 41.5 Å². The quantitative estimate of drug-likeness (QED) is 0.794. The molecule has 0 saturated carbocycles. The SMILES string of the molecule is COc1ccc(F)cc1NC(=O)NC(C)Cc1cc(C)[nH]n1. The Hall–Kier alpha value is -2.57. The molecule has 7 heteroatoms. The summed E-state index contributed by atoms with van der Waals surface area (Å²) in [6.07, 6.45) is 0.595. The minimum absolute atomic E-state index is 0.123. The first-order valence-corrected chi connectivity index (χ1v) is 6.90. The number of hydrogen-bond donors (Lipinski definition) is 3. The molecule has 6 nitrogen and oxygen atoms in total. The number of halogens is 1. The van der Waals surface area contributed by atoms with Crippen LogP contribution in [0.4, 0.5) is 14.9 Å². The Balaban J connectivity index is 1.93. The lowest BCUT2D eigenvalue weighted by atomic mass is 10.2. The lowest BCUT2D eigenvalue weighted by Crippen LogP contribution is -2.37. The lowest BCUT2D eigenvalue weighted by molar-refractivity contribution is 0.249. The van der Waals surface area contributed by atoms with E-state index in [1.165, 1.54) is 25.3 Å². The van der Waals surface area contributed by atoms with Crippen LogP contribution in [0.2, 0.25) is 0 Å². The molecular formula is C15H19FN4O2. The van der Waals surface area contributed by atoms with E-state index in [1.54, 1.807) is 0 Å². The Bertz CT molecular complexity index is 657. The number of nitrogens with zero attached hydrogens (tertiary/aromatic N) is 1. The largest absolute Gasteiger partial charge is 0.495 e. The second-order valence-electron chi connectivity index (χ2n) is 5.09. The number of aromatic amines is 1. The summed E-state index contributed by atoms with van der Waals surface area (Å²) in [5.74, 6) is -0.0525. The summed E-state index contributed by atoms with van der Waals surface area (Å²) < 4.78 is 18.3. The van der Waals surface area contributed by atoms with Crippen LogP contribution in [-0.2, 0) is 6.42 Å². The van der Waals surface area contributed by atoms with Gasteiger partial charge in [0.15, 0.2) is 0 Å². The number of H-pyrrole nitrogens is 1. The van der Waals surface area contributed by atoms with Crippen LogP contribution >= 0.6 is 0 Å². The van der Waals surface area contributed by atoms with Crippen LogP contribution in [0.15, 0.2) is 24.3 Å². The van der Waals surface area contributed by atoms with Crippen LogP contribution in [0.5, 0.6) is 5.75 Å². The smallest absolute Gasteiger partial charge is 0.319 e. The second-order valence-corrected chi connectivity index (χ2v) is 5.09. The molecule has 22 heavy (non-hydrogen) atoms. The highest BCUT2D eigenvalue weighted by Crippen LogP contribution is 2.24. The van der Waals surface area contributed by atoms with Gasteiger partial charge in [0.1, 0.15) is 11.6 Å². The van der Waals surface area contributed by atoms with Crippen LogP contribution in [0.1, 0.15) is 18.3 Å². The standard InChI is InChI=1S/C15H19FN4O2/c1-9(6-12-7-10(2)19-20-12)17-15(21)18-13-8-11(16)4-5-14(13)22-3/h4-5,7-9H,6H2,1-3H3,(H,19,20)(H2,17,18,21). The number of carbonyl (C=O) groups is 1. The zero-order chi connectivity index (χ0) is 16.1. The van der Waals surface area contributed by atoms with Crippen LogP contribution < -0.4 is 15.4 Å². The predicted octanol–water partition coefficient (Wildman–Crippen LogP) is 2.62. The van der Waals surface area contributed by atoms with E-state index in [0.29, 0.717) is 12.2 Å². The first kappa shape index (κ1) is 15.8. The molecule has 1 atom stereocenters. The molecule has 118 valence electrons. The monoisotopic (exact) mass is 306 g/mol. The fourth-order valence-corrected chi connectivity index (χ4v) is 2.10. The van der Waals surface area contributed by atoms with Crippen molar-refractivity contribution < 1.29 is 13.9 Å². The third-order valence-electron chi connectivity index (χ3n) is 3.06. The minimum Gasteiger partial charge on any atom is -0.495 e.